The zero-order chi connectivity index (χ0) is 13.7. The Hall–Kier alpha value is -0.610. The third-order valence-corrected chi connectivity index (χ3v) is 4.01. The molecule has 0 bridgehead atoms. The Kier molecular flexibility index (Phi) is 6.09. The van der Waals surface area contributed by atoms with E-state index in [1.165, 1.54) is 5.56 Å². The molecule has 18 heavy (non-hydrogen) atoms. The highest BCUT2D eigenvalue weighted by atomic mass is 32.2. The Morgan fingerprint density at radius 3 is 2.11 bits per heavy atom. The van der Waals surface area contributed by atoms with Gasteiger partial charge in [-0.3, -0.25) is 0 Å². The largest absolute Gasteiger partial charge is 0.319 e. The van der Waals surface area contributed by atoms with Crippen molar-refractivity contribution >= 4 is 11.8 Å². The summed E-state index contributed by atoms with van der Waals surface area (Å²) in [6.45, 7) is 11.8. The maximum Gasteiger partial charge on any atom is 0.138 e. The first-order valence-corrected chi connectivity index (χ1v) is 7.60. The lowest BCUT2D eigenvalue weighted by Gasteiger charge is -2.17. The van der Waals surface area contributed by atoms with Crippen LogP contribution >= 0.6 is 11.8 Å². The van der Waals surface area contributed by atoms with Gasteiger partial charge in [-0.1, -0.05) is 20.8 Å². The van der Waals surface area contributed by atoms with Crippen LogP contribution < -0.4 is 5.32 Å². The fourth-order valence-electron chi connectivity index (χ4n) is 2.22. The van der Waals surface area contributed by atoms with E-state index in [-0.39, 0.29) is 0 Å². The quantitative estimate of drug-likeness (QED) is 0.859. The van der Waals surface area contributed by atoms with E-state index in [2.05, 4.69) is 49.9 Å². The van der Waals surface area contributed by atoms with Gasteiger partial charge >= 0.3 is 0 Å². The van der Waals surface area contributed by atoms with Crippen LogP contribution in [-0.2, 0) is 5.75 Å². The van der Waals surface area contributed by atoms with Crippen molar-refractivity contribution < 1.29 is 0 Å². The number of rotatable bonds is 6. The highest BCUT2D eigenvalue weighted by Gasteiger charge is 2.14. The first kappa shape index (κ1) is 15.4. The SMILES string of the molecule is CNCC(C)c1c(C)nc(CSC(C)C)nc1C. The van der Waals surface area contributed by atoms with Gasteiger partial charge in [0.2, 0.25) is 0 Å². The van der Waals surface area contributed by atoms with E-state index in [9.17, 15) is 0 Å². The number of hydrogen-bond acceptors (Lipinski definition) is 4. The molecule has 1 unspecified atom stereocenters. The van der Waals surface area contributed by atoms with Gasteiger partial charge in [0.15, 0.2) is 0 Å². The van der Waals surface area contributed by atoms with Gasteiger partial charge in [0.05, 0.1) is 5.75 Å². The van der Waals surface area contributed by atoms with Crippen molar-refractivity contribution in [1.29, 1.82) is 0 Å². The molecule has 0 aliphatic carbocycles. The summed E-state index contributed by atoms with van der Waals surface area (Å²) >= 11 is 1.89. The first-order valence-electron chi connectivity index (χ1n) is 6.55. The van der Waals surface area contributed by atoms with Crippen LogP contribution in [0.5, 0.6) is 0 Å². The van der Waals surface area contributed by atoms with E-state index in [0.29, 0.717) is 11.2 Å². The number of nitrogens with one attached hydrogen (secondary N) is 1. The second kappa shape index (κ2) is 7.10. The third-order valence-electron chi connectivity index (χ3n) is 2.92. The molecule has 1 atom stereocenters. The molecular formula is C14H25N3S. The Morgan fingerprint density at radius 2 is 1.67 bits per heavy atom. The molecule has 1 aromatic heterocycles. The summed E-state index contributed by atoms with van der Waals surface area (Å²) in [5, 5.41) is 3.84. The van der Waals surface area contributed by atoms with E-state index in [0.717, 1.165) is 29.5 Å². The van der Waals surface area contributed by atoms with E-state index < -0.39 is 0 Å². The number of hydrogen-bond donors (Lipinski definition) is 1. The van der Waals surface area contributed by atoms with Crippen LogP contribution in [0.1, 0.15) is 49.5 Å². The average molecular weight is 267 g/mol. The minimum atomic E-state index is 0.460. The molecule has 0 aliphatic rings. The summed E-state index contributed by atoms with van der Waals surface area (Å²) in [4.78, 5) is 9.30. The fourth-order valence-corrected chi connectivity index (χ4v) is 2.83. The van der Waals surface area contributed by atoms with Crippen LogP contribution in [0.25, 0.3) is 0 Å². The van der Waals surface area contributed by atoms with Gasteiger partial charge in [-0.15, -0.1) is 0 Å². The summed E-state index contributed by atoms with van der Waals surface area (Å²) in [5.74, 6) is 2.32. The molecule has 1 heterocycles. The lowest BCUT2D eigenvalue weighted by Crippen LogP contribution is -2.18. The van der Waals surface area contributed by atoms with Gasteiger partial charge in [-0.05, 0) is 37.6 Å². The molecule has 3 nitrogen and oxygen atoms in total. The molecule has 4 heteroatoms. The maximum atomic E-state index is 4.65. The van der Waals surface area contributed by atoms with Crippen molar-refractivity contribution in [1.82, 2.24) is 15.3 Å². The van der Waals surface area contributed by atoms with Gasteiger partial charge < -0.3 is 5.32 Å². The molecule has 102 valence electrons. The van der Waals surface area contributed by atoms with Gasteiger partial charge in [0.1, 0.15) is 5.82 Å². The third kappa shape index (κ3) is 4.25. The normalized spacial score (nSPS) is 13.1. The number of aryl methyl sites for hydroxylation is 2. The molecule has 0 aromatic carbocycles. The summed E-state index contributed by atoms with van der Waals surface area (Å²) < 4.78 is 0. The molecule has 0 radical (unpaired) electrons. The summed E-state index contributed by atoms with van der Waals surface area (Å²) in [6.07, 6.45) is 0. The Balaban J connectivity index is 2.90. The molecule has 0 fully saturated rings. The first-order chi connectivity index (χ1) is 8.45. The molecule has 0 amide bonds. The van der Waals surface area contributed by atoms with Crippen molar-refractivity contribution in [3.05, 3.63) is 22.8 Å². The predicted molar refractivity (Wildman–Crippen MR) is 80.3 cm³/mol. The monoisotopic (exact) mass is 267 g/mol. The topological polar surface area (TPSA) is 37.8 Å². The van der Waals surface area contributed by atoms with Crippen LogP contribution in [-0.4, -0.2) is 28.8 Å². The molecule has 0 saturated heterocycles. The van der Waals surface area contributed by atoms with E-state index in [4.69, 9.17) is 0 Å². The molecule has 0 saturated carbocycles. The van der Waals surface area contributed by atoms with E-state index >= 15 is 0 Å². The lowest BCUT2D eigenvalue weighted by atomic mass is 9.98. The van der Waals surface area contributed by atoms with Gasteiger partial charge in [0, 0.05) is 17.9 Å². The summed E-state index contributed by atoms with van der Waals surface area (Å²) in [5.41, 5.74) is 3.55. The van der Waals surface area contributed by atoms with Gasteiger partial charge in [0.25, 0.3) is 0 Å². The van der Waals surface area contributed by atoms with Crippen molar-refractivity contribution in [3.63, 3.8) is 0 Å². The molecule has 0 spiro atoms. The van der Waals surface area contributed by atoms with Gasteiger partial charge in [-0.25, -0.2) is 9.97 Å². The van der Waals surface area contributed by atoms with Crippen LogP contribution in [0.3, 0.4) is 0 Å². The minimum Gasteiger partial charge on any atom is -0.319 e. The smallest absolute Gasteiger partial charge is 0.138 e. The number of thioether (sulfide) groups is 1. The van der Waals surface area contributed by atoms with Gasteiger partial charge in [-0.2, -0.15) is 11.8 Å². The minimum absolute atomic E-state index is 0.460. The standard InChI is InChI=1S/C14H25N3S/c1-9(2)18-8-13-16-11(4)14(12(5)17-13)10(3)7-15-6/h9-10,15H,7-8H2,1-6H3. The summed E-state index contributed by atoms with van der Waals surface area (Å²) in [7, 11) is 1.98. The average Bonchev–Trinajstić information content (AvgIpc) is 2.25. The number of aromatic nitrogens is 2. The van der Waals surface area contributed by atoms with Crippen molar-refractivity contribution in [2.24, 2.45) is 0 Å². The van der Waals surface area contributed by atoms with Crippen LogP contribution in [0.15, 0.2) is 0 Å². The van der Waals surface area contributed by atoms with Crippen molar-refractivity contribution in [2.75, 3.05) is 13.6 Å². The molecule has 1 rings (SSSR count). The second-order valence-electron chi connectivity index (χ2n) is 5.04. The summed E-state index contributed by atoms with van der Waals surface area (Å²) in [6, 6.07) is 0. The Labute approximate surface area is 115 Å². The van der Waals surface area contributed by atoms with Crippen molar-refractivity contribution in [2.45, 2.75) is 51.5 Å². The molecule has 1 N–H and O–H groups in total. The van der Waals surface area contributed by atoms with Crippen molar-refractivity contribution in [3.8, 4) is 0 Å². The van der Waals surface area contributed by atoms with Crippen LogP contribution in [0.2, 0.25) is 0 Å². The zero-order valence-electron chi connectivity index (χ0n) is 12.4. The Morgan fingerprint density at radius 1 is 1.11 bits per heavy atom. The van der Waals surface area contributed by atoms with Crippen LogP contribution in [0.4, 0.5) is 0 Å². The Bertz CT molecular complexity index is 368. The maximum absolute atomic E-state index is 4.65. The highest BCUT2D eigenvalue weighted by molar-refractivity contribution is 7.99. The zero-order valence-corrected chi connectivity index (χ0v) is 13.2. The molecule has 0 aliphatic heterocycles. The lowest BCUT2D eigenvalue weighted by molar-refractivity contribution is 0.660. The van der Waals surface area contributed by atoms with E-state index in [1.54, 1.807) is 0 Å². The highest BCUT2D eigenvalue weighted by Crippen LogP contribution is 2.22. The van der Waals surface area contributed by atoms with E-state index in [1.807, 2.05) is 18.8 Å². The number of likely N-dealkylation sites (N-methyl/N-ethyl adjacent to an activating group) is 1. The number of nitrogens with zero attached hydrogens (tertiary/aromatic N) is 2. The van der Waals surface area contributed by atoms with Crippen LogP contribution in [0, 0.1) is 13.8 Å². The second-order valence-corrected chi connectivity index (χ2v) is 6.61. The molecule has 1 aromatic rings. The molecular weight excluding hydrogens is 242 g/mol. The fraction of sp³-hybridized carbons (Fsp3) is 0.714. The predicted octanol–water partition coefficient (Wildman–Crippen LogP) is 3.06.